The summed E-state index contributed by atoms with van der Waals surface area (Å²) in [5, 5.41) is 3.92. The van der Waals surface area contributed by atoms with E-state index in [0.29, 0.717) is 24.7 Å². The van der Waals surface area contributed by atoms with Crippen LogP contribution in [0.5, 0.6) is 5.75 Å². The molecule has 1 fully saturated rings. The summed E-state index contributed by atoms with van der Waals surface area (Å²) in [5.41, 5.74) is 6.07. The molecular formula is C17H22FN3O2. The number of ether oxygens (including phenoxy) is 1. The first-order valence-corrected chi connectivity index (χ1v) is 8.10. The van der Waals surface area contributed by atoms with Crippen molar-refractivity contribution >= 4 is 0 Å². The predicted octanol–water partition coefficient (Wildman–Crippen LogP) is 3.24. The Morgan fingerprint density at radius 2 is 2.00 bits per heavy atom. The van der Waals surface area contributed by atoms with E-state index in [1.807, 2.05) is 0 Å². The Morgan fingerprint density at radius 3 is 2.74 bits per heavy atom. The molecular weight excluding hydrogens is 297 g/mol. The quantitative estimate of drug-likeness (QED) is 0.884. The Morgan fingerprint density at radius 1 is 1.22 bits per heavy atom. The van der Waals surface area contributed by atoms with E-state index in [-0.39, 0.29) is 17.8 Å². The topological polar surface area (TPSA) is 74.2 Å². The molecule has 0 unspecified atom stereocenters. The monoisotopic (exact) mass is 319 g/mol. The first-order chi connectivity index (χ1) is 11.2. The van der Waals surface area contributed by atoms with E-state index in [1.54, 1.807) is 18.2 Å². The van der Waals surface area contributed by atoms with Crippen molar-refractivity contribution in [2.45, 2.75) is 45.1 Å². The molecule has 2 aromatic rings. The fourth-order valence-electron chi connectivity index (χ4n) is 3.20. The van der Waals surface area contributed by atoms with Gasteiger partial charge in [0.15, 0.2) is 18.2 Å². The highest BCUT2D eigenvalue weighted by molar-refractivity contribution is 5.23. The molecule has 1 saturated carbocycles. The van der Waals surface area contributed by atoms with Crippen molar-refractivity contribution in [3.63, 3.8) is 0 Å². The maximum atomic E-state index is 13.5. The van der Waals surface area contributed by atoms with Crippen LogP contribution in [0.15, 0.2) is 28.8 Å². The van der Waals surface area contributed by atoms with Gasteiger partial charge in [0, 0.05) is 6.42 Å². The molecule has 1 aromatic heterocycles. The Labute approximate surface area is 135 Å². The van der Waals surface area contributed by atoms with Crippen LogP contribution in [0, 0.1) is 11.2 Å². The largest absolute Gasteiger partial charge is 0.482 e. The molecule has 0 radical (unpaired) electrons. The molecule has 1 aliphatic carbocycles. The molecule has 23 heavy (non-hydrogen) atoms. The van der Waals surface area contributed by atoms with Gasteiger partial charge in [-0.05, 0) is 36.9 Å². The van der Waals surface area contributed by atoms with Gasteiger partial charge >= 0.3 is 0 Å². The summed E-state index contributed by atoms with van der Waals surface area (Å²) in [6.07, 6.45) is 6.59. The Bertz CT molecular complexity index is 638. The van der Waals surface area contributed by atoms with Gasteiger partial charge in [-0.2, -0.15) is 4.98 Å². The van der Waals surface area contributed by atoms with Gasteiger partial charge in [0.05, 0.1) is 0 Å². The molecule has 1 aliphatic rings. The fourth-order valence-corrected chi connectivity index (χ4v) is 3.20. The molecule has 5 nitrogen and oxygen atoms in total. The normalized spacial score (nSPS) is 17.1. The average Bonchev–Trinajstić information content (AvgIpc) is 3.02. The Balaban J connectivity index is 1.60. The van der Waals surface area contributed by atoms with Crippen LogP contribution in [-0.2, 0) is 13.0 Å². The number of benzene rings is 1. The smallest absolute Gasteiger partial charge is 0.227 e. The van der Waals surface area contributed by atoms with E-state index < -0.39 is 5.82 Å². The zero-order valence-corrected chi connectivity index (χ0v) is 13.1. The summed E-state index contributed by atoms with van der Waals surface area (Å²) in [7, 11) is 0. The maximum Gasteiger partial charge on any atom is 0.227 e. The van der Waals surface area contributed by atoms with E-state index >= 15 is 0 Å². The summed E-state index contributed by atoms with van der Waals surface area (Å²) in [4.78, 5) is 4.36. The van der Waals surface area contributed by atoms with Crippen LogP contribution < -0.4 is 10.5 Å². The highest BCUT2D eigenvalue weighted by Crippen LogP contribution is 2.38. The van der Waals surface area contributed by atoms with Gasteiger partial charge < -0.3 is 15.0 Å². The molecule has 0 aliphatic heterocycles. The summed E-state index contributed by atoms with van der Waals surface area (Å²) < 4.78 is 24.2. The summed E-state index contributed by atoms with van der Waals surface area (Å²) >= 11 is 0. The summed E-state index contributed by atoms with van der Waals surface area (Å²) in [6, 6.07) is 6.26. The molecule has 124 valence electrons. The zero-order valence-electron chi connectivity index (χ0n) is 13.1. The highest BCUT2D eigenvalue weighted by Gasteiger charge is 2.32. The van der Waals surface area contributed by atoms with Crippen LogP contribution in [0.3, 0.4) is 0 Å². The minimum Gasteiger partial charge on any atom is -0.482 e. The minimum absolute atomic E-state index is 0.0778. The van der Waals surface area contributed by atoms with E-state index in [1.165, 1.54) is 25.3 Å². The number of nitrogens with two attached hydrogens (primary N) is 1. The van der Waals surface area contributed by atoms with Gasteiger partial charge in [0.1, 0.15) is 0 Å². The van der Waals surface area contributed by atoms with Gasteiger partial charge in [0.2, 0.25) is 11.7 Å². The minimum atomic E-state index is -0.402. The lowest BCUT2D eigenvalue weighted by Gasteiger charge is -2.34. The van der Waals surface area contributed by atoms with Crippen LogP contribution in [0.4, 0.5) is 4.39 Å². The molecule has 1 heterocycles. The second-order valence-corrected chi connectivity index (χ2v) is 6.27. The van der Waals surface area contributed by atoms with Crippen LogP contribution in [-0.4, -0.2) is 16.7 Å². The van der Waals surface area contributed by atoms with Gasteiger partial charge in [-0.1, -0.05) is 36.6 Å². The average molecular weight is 319 g/mol. The highest BCUT2D eigenvalue weighted by atomic mass is 19.1. The molecule has 3 rings (SSSR count). The molecule has 0 amide bonds. The lowest BCUT2D eigenvalue weighted by Crippen LogP contribution is -2.35. The summed E-state index contributed by atoms with van der Waals surface area (Å²) in [6.45, 7) is 0.719. The van der Waals surface area contributed by atoms with E-state index in [2.05, 4.69) is 10.1 Å². The third-order valence-electron chi connectivity index (χ3n) is 4.58. The summed E-state index contributed by atoms with van der Waals surface area (Å²) in [5.74, 6) is 0.792. The zero-order chi connectivity index (χ0) is 16.1. The second-order valence-electron chi connectivity index (χ2n) is 6.27. The van der Waals surface area contributed by atoms with E-state index in [4.69, 9.17) is 15.0 Å². The van der Waals surface area contributed by atoms with Gasteiger partial charge in [-0.3, -0.25) is 0 Å². The first-order valence-electron chi connectivity index (χ1n) is 8.10. The maximum absolute atomic E-state index is 13.5. The second kappa shape index (κ2) is 7.08. The van der Waals surface area contributed by atoms with Crippen LogP contribution in [0.1, 0.15) is 43.8 Å². The van der Waals surface area contributed by atoms with E-state index in [9.17, 15) is 4.39 Å². The van der Waals surface area contributed by atoms with Crippen LogP contribution in [0.25, 0.3) is 0 Å². The lowest BCUT2D eigenvalue weighted by molar-refractivity contribution is 0.177. The number of nitrogens with zero attached hydrogens (tertiary/aromatic N) is 2. The number of hydrogen-bond donors (Lipinski definition) is 1. The Kier molecular flexibility index (Phi) is 4.91. The number of halogens is 1. The van der Waals surface area contributed by atoms with Crippen LogP contribution in [0.2, 0.25) is 0 Å². The van der Waals surface area contributed by atoms with Crippen molar-refractivity contribution in [2.24, 2.45) is 11.1 Å². The number of aromatic nitrogens is 2. The van der Waals surface area contributed by atoms with Gasteiger partial charge in [0.25, 0.3) is 0 Å². The molecule has 1 aromatic carbocycles. The molecule has 0 atom stereocenters. The number of rotatable bonds is 6. The Hall–Kier alpha value is -1.95. The lowest BCUT2D eigenvalue weighted by atomic mass is 9.72. The van der Waals surface area contributed by atoms with Crippen molar-refractivity contribution in [1.82, 2.24) is 10.1 Å². The standard InChI is InChI=1S/C17H22FN3O2/c18-13-6-2-3-7-14(13)22-11-15-20-16(23-21-15)10-17(12-19)8-4-1-5-9-17/h2-3,6-7H,1,4-5,8-12,19H2. The molecule has 0 spiro atoms. The fraction of sp³-hybridized carbons (Fsp3) is 0.529. The first kappa shape index (κ1) is 15.9. The third kappa shape index (κ3) is 3.88. The molecule has 6 heteroatoms. The van der Waals surface area contributed by atoms with Crippen molar-refractivity contribution in [2.75, 3.05) is 6.54 Å². The number of para-hydroxylation sites is 1. The van der Waals surface area contributed by atoms with Crippen molar-refractivity contribution in [3.8, 4) is 5.75 Å². The predicted molar refractivity (Wildman–Crippen MR) is 83.3 cm³/mol. The number of hydrogen-bond acceptors (Lipinski definition) is 5. The van der Waals surface area contributed by atoms with Gasteiger partial charge in [-0.15, -0.1) is 0 Å². The van der Waals surface area contributed by atoms with E-state index in [0.717, 1.165) is 12.8 Å². The SMILES string of the molecule is NCC1(Cc2nc(COc3ccccc3F)no2)CCCCC1. The van der Waals surface area contributed by atoms with Crippen molar-refractivity contribution < 1.29 is 13.7 Å². The third-order valence-corrected chi connectivity index (χ3v) is 4.58. The molecule has 0 saturated heterocycles. The van der Waals surface area contributed by atoms with Crippen molar-refractivity contribution in [3.05, 3.63) is 41.8 Å². The molecule has 2 N–H and O–H groups in total. The van der Waals surface area contributed by atoms with Crippen LogP contribution >= 0.6 is 0 Å². The van der Waals surface area contributed by atoms with Gasteiger partial charge in [-0.25, -0.2) is 4.39 Å². The molecule has 0 bridgehead atoms. The van der Waals surface area contributed by atoms with Crippen molar-refractivity contribution in [1.29, 1.82) is 0 Å².